The molecule has 0 spiro atoms. The normalized spacial score (nSPS) is 10.8. The monoisotopic (exact) mass is 470 g/mol. The lowest BCUT2D eigenvalue weighted by Crippen LogP contribution is -2.38. The zero-order chi connectivity index (χ0) is 17.9. The van der Waals surface area contributed by atoms with Gasteiger partial charge in [-0.05, 0) is 37.1 Å². The third kappa shape index (κ3) is 7.47. The summed E-state index contributed by atoms with van der Waals surface area (Å²) in [4.78, 5) is 8.86. The fourth-order valence-electron chi connectivity index (χ4n) is 2.37. The highest BCUT2D eigenvalue weighted by Gasteiger charge is 2.04. The van der Waals surface area contributed by atoms with Gasteiger partial charge in [0, 0.05) is 44.0 Å². The van der Waals surface area contributed by atoms with E-state index in [0.717, 1.165) is 30.2 Å². The van der Waals surface area contributed by atoms with Crippen LogP contribution < -0.4 is 15.4 Å². The Morgan fingerprint density at radius 3 is 2.69 bits per heavy atom. The number of methoxy groups -OCH3 is 1. The summed E-state index contributed by atoms with van der Waals surface area (Å²) in [5, 5.41) is 16.5. The molecule has 2 aromatic rings. The van der Waals surface area contributed by atoms with E-state index in [-0.39, 0.29) is 29.7 Å². The maximum Gasteiger partial charge on any atom is 0.191 e. The van der Waals surface area contributed by atoms with Crippen molar-refractivity contribution in [2.45, 2.75) is 19.8 Å². The summed E-state index contributed by atoms with van der Waals surface area (Å²) in [6, 6.07) is 11.2. The number of aliphatic imine (C=N–C) groups is 1. The number of hydrogen-bond acceptors (Lipinski definition) is 4. The standard InChI is InChI=1S/C19H26N4O2.HI/c1-3-20-19(23-13-10-16-6-4-5-11-21-16)22-12-9-15-7-8-17(25-2)14-18(15)24;/h4-8,11,14,24H,3,9-10,12-13H2,1-2H3,(H2,20,22,23);1H. The Morgan fingerprint density at radius 2 is 2.04 bits per heavy atom. The van der Waals surface area contributed by atoms with Crippen LogP contribution in [0.3, 0.4) is 0 Å². The maximum atomic E-state index is 10.00. The average molecular weight is 470 g/mol. The van der Waals surface area contributed by atoms with Crippen molar-refractivity contribution < 1.29 is 9.84 Å². The van der Waals surface area contributed by atoms with Gasteiger partial charge in [0.2, 0.25) is 0 Å². The van der Waals surface area contributed by atoms with Crippen LogP contribution in [0.25, 0.3) is 0 Å². The second-order valence-corrected chi connectivity index (χ2v) is 5.50. The number of phenolic OH excluding ortho intramolecular Hbond substituents is 1. The molecule has 3 N–H and O–H groups in total. The van der Waals surface area contributed by atoms with Crippen molar-refractivity contribution in [3.05, 3.63) is 53.9 Å². The highest BCUT2D eigenvalue weighted by molar-refractivity contribution is 14.0. The van der Waals surface area contributed by atoms with Gasteiger partial charge in [0.15, 0.2) is 5.96 Å². The summed E-state index contributed by atoms with van der Waals surface area (Å²) in [5.74, 6) is 1.67. The van der Waals surface area contributed by atoms with Crippen LogP contribution in [0.4, 0.5) is 0 Å². The van der Waals surface area contributed by atoms with Gasteiger partial charge in [-0.3, -0.25) is 9.98 Å². The molecule has 1 heterocycles. The second kappa shape index (κ2) is 12.3. The Balaban J connectivity index is 0.00000338. The van der Waals surface area contributed by atoms with Crippen molar-refractivity contribution in [2.75, 3.05) is 26.7 Å². The molecular formula is C19H27IN4O2. The minimum atomic E-state index is 0. The highest BCUT2D eigenvalue weighted by Crippen LogP contribution is 2.23. The van der Waals surface area contributed by atoms with Gasteiger partial charge in [-0.25, -0.2) is 0 Å². The molecule has 0 aliphatic rings. The van der Waals surface area contributed by atoms with Gasteiger partial charge >= 0.3 is 0 Å². The van der Waals surface area contributed by atoms with E-state index < -0.39 is 0 Å². The smallest absolute Gasteiger partial charge is 0.191 e. The molecule has 0 radical (unpaired) electrons. The summed E-state index contributed by atoms with van der Waals surface area (Å²) < 4.78 is 5.10. The molecule has 26 heavy (non-hydrogen) atoms. The van der Waals surface area contributed by atoms with Crippen LogP contribution in [0.1, 0.15) is 18.2 Å². The van der Waals surface area contributed by atoms with E-state index in [2.05, 4.69) is 20.6 Å². The van der Waals surface area contributed by atoms with Crippen LogP contribution in [0.5, 0.6) is 11.5 Å². The lowest BCUT2D eigenvalue weighted by Gasteiger charge is -2.12. The number of phenols is 1. The van der Waals surface area contributed by atoms with Gasteiger partial charge in [0.1, 0.15) is 11.5 Å². The Kier molecular flexibility index (Phi) is 10.5. The number of aromatic hydroxyl groups is 1. The number of pyridine rings is 1. The number of ether oxygens (including phenoxy) is 1. The van der Waals surface area contributed by atoms with Crippen LogP contribution in [-0.2, 0) is 12.8 Å². The van der Waals surface area contributed by atoms with E-state index in [4.69, 9.17) is 4.74 Å². The van der Waals surface area contributed by atoms with Crippen molar-refractivity contribution >= 4 is 29.9 Å². The predicted molar refractivity (Wildman–Crippen MR) is 116 cm³/mol. The van der Waals surface area contributed by atoms with E-state index >= 15 is 0 Å². The second-order valence-electron chi connectivity index (χ2n) is 5.50. The van der Waals surface area contributed by atoms with Crippen LogP contribution in [0.15, 0.2) is 47.6 Å². The van der Waals surface area contributed by atoms with Crippen molar-refractivity contribution in [1.82, 2.24) is 15.6 Å². The van der Waals surface area contributed by atoms with E-state index in [0.29, 0.717) is 25.3 Å². The highest BCUT2D eigenvalue weighted by atomic mass is 127. The van der Waals surface area contributed by atoms with Crippen LogP contribution in [-0.4, -0.2) is 42.8 Å². The summed E-state index contributed by atoms with van der Waals surface area (Å²) in [5.41, 5.74) is 1.91. The first-order chi connectivity index (χ1) is 12.2. The van der Waals surface area contributed by atoms with Gasteiger partial charge in [-0.2, -0.15) is 0 Å². The molecule has 0 aliphatic heterocycles. The fourth-order valence-corrected chi connectivity index (χ4v) is 2.37. The van der Waals surface area contributed by atoms with Crippen molar-refractivity contribution in [3.8, 4) is 11.5 Å². The Labute approximate surface area is 172 Å². The van der Waals surface area contributed by atoms with Crippen molar-refractivity contribution in [3.63, 3.8) is 0 Å². The third-order valence-electron chi connectivity index (χ3n) is 3.69. The lowest BCUT2D eigenvalue weighted by atomic mass is 10.1. The zero-order valence-corrected chi connectivity index (χ0v) is 17.6. The average Bonchev–Trinajstić information content (AvgIpc) is 2.64. The quantitative estimate of drug-likeness (QED) is 0.314. The molecule has 0 saturated carbocycles. The van der Waals surface area contributed by atoms with Crippen molar-refractivity contribution in [1.29, 1.82) is 0 Å². The molecule has 0 aliphatic carbocycles. The molecule has 0 bridgehead atoms. The molecule has 0 amide bonds. The number of nitrogens with zero attached hydrogens (tertiary/aromatic N) is 2. The molecular weight excluding hydrogens is 443 g/mol. The molecule has 0 saturated heterocycles. The number of guanidine groups is 1. The molecule has 0 fully saturated rings. The molecule has 0 atom stereocenters. The van der Waals surface area contributed by atoms with E-state index in [1.54, 1.807) is 19.4 Å². The Bertz CT molecular complexity index is 680. The number of halogens is 1. The molecule has 1 aromatic carbocycles. The van der Waals surface area contributed by atoms with E-state index in [1.807, 2.05) is 37.3 Å². The van der Waals surface area contributed by atoms with Gasteiger partial charge in [0.05, 0.1) is 7.11 Å². The van der Waals surface area contributed by atoms with Gasteiger partial charge in [0.25, 0.3) is 0 Å². The number of nitrogens with one attached hydrogen (secondary N) is 2. The van der Waals surface area contributed by atoms with E-state index in [1.165, 1.54) is 0 Å². The molecule has 6 nitrogen and oxygen atoms in total. The SMILES string of the molecule is CCNC(=NCCc1ccccn1)NCCc1ccc(OC)cc1O.I. The lowest BCUT2D eigenvalue weighted by molar-refractivity contribution is 0.406. The molecule has 0 unspecified atom stereocenters. The number of hydrogen-bond donors (Lipinski definition) is 3. The minimum absolute atomic E-state index is 0. The first-order valence-electron chi connectivity index (χ1n) is 8.51. The summed E-state index contributed by atoms with van der Waals surface area (Å²) in [6.45, 7) is 4.17. The summed E-state index contributed by atoms with van der Waals surface area (Å²) in [7, 11) is 1.58. The largest absolute Gasteiger partial charge is 0.508 e. The van der Waals surface area contributed by atoms with Crippen molar-refractivity contribution in [2.24, 2.45) is 4.99 Å². The number of aromatic nitrogens is 1. The van der Waals surface area contributed by atoms with E-state index in [9.17, 15) is 5.11 Å². The first-order valence-corrected chi connectivity index (χ1v) is 8.51. The topological polar surface area (TPSA) is 78.8 Å². The molecule has 1 aromatic heterocycles. The molecule has 7 heteroatoms. The predicted octanol–water partition coefficient (Wildman–Crippen LogP) is 2.75. The van der Waals surface area contributed by atoms with Crippen LogP contribution in [0.2, 0.25) is 0 Å². The Morgan fingerprint density at radius 1 is 1.19 bits per heavy atom. The summed E-state index contributed by atoms with van der Waals surface area (Å²) >= 11 is 0. The molecule has 142 valence electrons. The Hall–Kier alpha value is -2.03. The maximum absolute atomic E-state index is 10.00. The fraction of sp³-hybridized carbons (Fsp3) is 0.368. The molecule has 2 rings (SSSR count). The van der Waals surface area contributed by atoms with Crippen LogP contribution in [0, 0.1) is 0 Å². The third-order valence-corrected chi connectivity index (χ3v) is 3.69. The minimum Gasteiger partial charge on any atom is -0.508 e. The zero-order valence-electron chi connectivity index (χ0n) is 15.2. The summed E-state index contributed by atoms with van der Waals surface area (Å²) in [6.07, 6.45) is 3.29. The first kappa shape index (κ1) is 22.0. The number of rotatable bonds is 8. The number of benzene rings is 1. The van der Waals surface area contributed by atoms with Crippen LogP contribution >= 0.6 is 24.0 Å². The van der Waals surface area contributed by atoms with Gasteiger partial charge in [-0.1, -0.05) is 12.1 Å². The van der Waals surface area contributed by atoms with Gasteiger partial charge < -0.3 is 20.5 Å². The van der Waals surface area contributed by atoms with Gasteiger partial charge in [-0.15, -0.1) is 24.0 Å².